The van der Waals surface area contributed by atoms with Gasteiger partial charge in [0.1, 0.15) is 0 Å². The van der Waals surface area contributed by atoms with E-state index in [1.807, 2.05) is 34.3 Å². The third-order valence-corrected chi connectivity index (χ3v) is 5.57. The van der Waals surface area contributed by atoms with Crippen LogP contribution < -0.4 is 19.5 Å². The second-order valence-electron chi connectivity index (χ2n) is 5.36. The normalized spacial score (nSPS) is 11.7. The third-order valence-electron chi connectivity index (χ3n) is 3.93. The molecule has 0 bridgehead atoms. The molecule has 7 heteroatoms. The minimum absolute atomic E-state index is 0.216. The summed E-state index contributed by atoms with van der Waals surface area (Å²) < 4.78 is 16.1. The number of thiophene rings is 2. The number of carbonyl (C=O) groups is 1. The summed E-state index contributed by atoms with van der Waals surface area (Å²) >= 11 is 3.20. The Kier molecular flexibility index (Phi) is 5.80. The Morgan fingerprint density at radius 2 is 1.81 bits per heavy atom. The van der Waals surface area contributed by atoms with E-state index in [1.54, 1.807) is 41.9 Å². The molecule has 1 N–H and O–H groups in total. The van der Waals surface area contributed by atoms with E-state index in [9.17, 15) is 4.79 Å². The Bertz CT molecular complexity index is 826. The van der Waals surface area contributed by atoms with Gasteiger partial charge in [0, 0.05) is 4.88 Å². The molecule has 1 amide bonds. The van der Waals surface area contributed by atoms with Crippen molar-refractivity contribution in [2.24, 2.45) is 0 Å². The maximum Gasteiger partial charge on any atom is 0.255 e. The van der Waals surface area contributed by atoms with Crippen molar-refractivity contribution in [3.63, 3.8) is 0 Å². The summed E-state index contributed by atoms with van der Waals surface area (Å²) in [5.41, 5.74) is 1.44. The molecule has 1 aromatic carbocycles. The maximum atomic E-state index is 13.0. The lowest BCUT2D eigenvalue weighted by atomic mass is 10.1. The van der Waals surface area contributed by atoms with Gasteiger partial charge in [-0.15, -0.1) is 11.3 Å². The monoisotopic (exact) mass is 389 g/mol. The molecule has 0 aliphatic carbocycles. The zero-order valence-corrected chi connectivity index (χ0v) is 16.3. The zero-order chi connectivity index (χ0) is 18.5. The summed E-state index contributed by atoms with van der Waals surface area (Å²) in [5.74, 6) is 1.01. The van der Waals surface area contributed by atoms with Crippen molar-refractivity contribution in [2.75, 3.05) is 21.3 Å². The van der Waals surface area contributed by atoms with Gasteiger partial charge in [-0.3, -0.25) is 4.79 Å². The van der Waals surface area contributed by atoms with E-state index in [1.165, 1.54) is 14.2 Å². The summed E-state index contributed by atoms with van der Waals surface area (Å²) in [4.78, 5) is 14.1. The summed E-state index contributed by atoms with van der Waals surface area (Å²) in [6.07, 6.45) is 0. The summed E-state index contributed by atoms with van der Waals surface area (Å²) in [5, 5.41) is 9.14. The van der Waals surface area contributed by atoms with Crippen molar-refractivity contribution in [1.82, 2.24) is 5.32 Å². The number of hydrogen-bond acceptors (Lipinski definition) is 6. The fourth-order valence-corrected chi connectivity index (χ4v) is 4.19. The Morgan fingerprint density at radius 3 is 2.38 bits per heavy atom. The highest BCUT2D eigenvalue weighted by Crippen LogP contribution is 2.40. The first-order chi connectivity index (χ1) is 12.7. The van der Waals surface area contributed by atoms with Crippen LogP contribution in [0.25, 0.3) is 0 Å². The molecule has 26 heavy (non-hydrogen) atoms. The summed E-state index contributed by atoms with van der Waals surface area (Å²) in [6, 6.07) is 9.16. The van der Waals surface area contributed by atoms with Crippen LogP contribution in [0.5, 0.6) is 17.2 Å². The molecule has 0 saturated heterocycles. The average molecular weight is 389 g/mol. The zero-order valence-electron chi connectivity index (χ0n) is 14.6. The van der Waals surface area contributed by atoms with E-state index in [0.717, 1.165) is 10.4 Å². The third kappa shape index (κ3) is 3.54. The van der Waals surface area contributed by atoms with Crippen molar-refractivity contribution >= 4 is 28.6 Å². The second kappa shape index (κ2) is 8.25. The molecule has 3 rings (SSSR count). The SMILES string of the molecule is COc1ccc(C(=O)NC(c2ccsc2)c2cccs2)c(OC)c1OC. The second-order valence-corrected chi connectivity index (χ2v) is 7.12. The topological polar surface area (TPSA) is 56.8 Å². The quantitative estimate of drug-likeness (QED) is 0.652. The van der Waals surface area contributed by atoms with Crippen LogP contribution in [-0.2, 0) is 0 Å². The van der Waals surface area contributed by atoms with Gasteiger partial charge in [-0.2, -0.15) is 11.3 Å². The van der Waals surface area contributed by atoms with Gasteiger partial charge in [0.15, 0.2) is 11.5 Å². The van der Waals surface area contributed by atoms with Crippen LogP contribution in [0.4, 0.5) is 0 Å². The highest BCUT2D eigenvalue weighted by Gasteiger charge is 2.24. The van der Waals surface area contributed by atoms with Crippen molar-refractivity contribution < 1.29 is 19.0 Å². The fourth-order valence-electron chi connectivity index (χ4n) is 2.70. The van der Waals surface area contributed by atoms with Gasteiger partial charge in [-0.25, -0.2) is 0 Å². The minimum atomic E-state index is -0.243. The van der Waals surface area contributed by atoms with Gasteiger partial charge in [0.2, 0.25) is 5.75 Å². The minimum Gasteiger partial charge on any atom is -0.493 e. The molecule has 0 fully saturated rings. The van der Waals surface area contributed by atoms with E-state index >= 15 is 0 Å². The first-order valence-electron chi connectivity index (χ1n) is 7.85. The molecule has 2 heterocycles. The number of methoxy groups -OCH3 is 3. The van der Waals surface area contributed by atoms with Gasteiger partial charge in [-0.05, 0) is 46.0 Å². The van der Waals surface area contributed by atoms with Gasteiger partial charge in [-0.1, -0.05) is 6.07 Å². The smallest absolute Gasteiger partial charge is 0.255 e. The molecule has 0 saturated carbocycles. The Balaban J connectivity index is 1.96. The number of nitrogens with one attached hydrogen (secondary N) is 1. The van der Waals surface area contributed by atoms with Crippen LogP contribution >= 0.6 is 22.7 Å². The van der Waals surface area contributed by atoms with E-state index in [0.29, 0.717) is 22.8 Å². The largest absolute Gasteiger partial charge is 0.493 e. The fraction of sp³-hybridized carbons (Fsp3) is 0.211. The molecular weight excluding hydrogens is 370 g/mol. The van der Waals surface area contributed by atoms with Crippen molar-refractivity contribution in [3.05, 3.63) is 62.5 Å². The van der Waals surface area contributed by atoms with Crippen molar-refractivity contribution in [1.29, 1.82) is 0 Å². The molecule has 5 nitrogen and oxygen atoms in total. The lowest BCUT2D eigenvalue weighted by molar-refractivity contribution is 0.0939. The van der Waals surface area contributed by atoms with Crippen LogP contribution in [0.1, 0.15) is 26.8 Å². The van der Waals surface area contributed by atoms with Crippen LogP contribution in [0, 0.1) is 0 Å². The molecule has 0 aliphatic heterocycles. The predicted octanol–water partition coefficient (Wildman–Crippen LogP) is 4.35. The van der Waals surface area contributed by atoms with Crippen molar-refractivity contribution in [3.8, 4) is 17.2 Å². The van der Waals surface area contributed by atoms with E-state index < -0.39 is 0 Å². The first kappa shape index (κ1) is 18.3. The van der Waals surface area contributed by atoms with Gasteiger partial charge in [0.05, 0.1) is 32.9 Å². The Labute approximate surface area is 160 Å². The summed E-state index contributed by atoms with van der Waals surface area (Å²) in [6.45, 7) is 0. The predicted molar refractivity (Wildman–Crippen MR) is 104 cm³/mol. The standard InChI is InChI=1S/C19H19NO4S2/c1-22-14-7-6-13(17(23-2)18(14)24-3)19(21)20-16(12-8-10-25-11-12)15-5-4-9-26-15/h4-11,16H,1-3H3,(H,20,21). The molecule has 3 aromatic rings. The molecule has 0 spiro atoms. The number of benzene rings is 1. The summed E-state index contributed by atoms with van der Waals surface area (Å²) in [7, 11) is 4.56. The van der Waals surface area contributed by atoms with E-state index in [4.69, 9.17) is 14.2 Å². The number of carbonyl (C=O) groups excluding carboxylic acids is 1. The highest BCUT2D eigenvalue weighted by atomic mass is 32.1. The van der Waals surface area contributed by atoms with Crippen LogP contribution in [0.3, 0.4) is 0 Å². The molecule has 0 radical (unpaired) electrons. The highest BCUT2D eigenvalue weighted by molar-refractivity contribution is 7.10. The Morgan fingerprint density at radius 1 is 1.00 bits per heavy atom. The van der Waals surface area contributed by atoms with Crippen molar-refractivity contribution in [2.45, 2.75) is 6.04 Å². The van der Waals surface area contributed by atoms with E-state index in [-0.39, 0.29) is 11.9 Å². The molecule has 136 valence electrons. The molecule has 2 aromatic heterocycles. The molecule has 0 aliphatic rings. The lowest BCUT2D eigenvalue weighted by Crippen LogP contribution is -2.29. The van der Waals surface area contributed by atoms with Crippen LogP contribution in [0.15, 0.2) is 46.5 Å². The molecular formula is C19H19NO4S2. The van der Waals surface area contributed by atoms with Gasteiger partial charge < -0.3 is 19.5 Å². The molecule has 1 unspecified atom stereocenters. The maximum absolute atomic E-state index is 13.0. The van der Waals surface area contributed by atoms with E-state index in [2.05, 4.69) is 5.32 Å². The van der Waals surface area contributed by atoms with Crippen LogP contribution in [-0.4, -0.2) is 27.2 Å². The number of ether oxygens (including phenoxy) is 3. The number of hydrogen-bond donors (Lipinski definition) is 1. The van der Waals surface area contributed by atoms with Gasteiger partial charge in [0.25, 0.3) is 5.91 Å². The molecule has 1 atom stereocenters. The van der Waals surface area contributed by atoms with Crippen LogP contribution in [0.2, 0.25) is 0 Å². The average Bonchev–Trinajstić information content (AvgIpc) is 3.38. The number of rotatable bonds is 7. The lowest BCUT2D eigenvalue weighted by Gasteiger charge is -2.19. The number of amides is 1. The Hall–Kier alpha value is -2.51. The first-order valence-corrected chi connectivity index (χ1v) is 9.67. The van der Waals surface area contributed by atoms with Gasteiger partial charge >= 0.3 is 0 Å².